The minimum atomic E-state index is -0.112. The topological polar surface area (TPSA) is 64.4 Å². The number of hydrogen-bond acceptors (Lipinski definition) is 5. The summed E-state index contributed by atoms with van der Waals surface area (Å²) in [5, 5.41) is 6.79. The molecule has 6 heteroatoms. The van der Waals surface area contributed by atoms with Gasteiger partial charge in [0.25, 0.3) is 5.91 Å². The van der Waals surface area contributed by atoms with Crippen LogP contribution in [0.2, 0.25) is 0 Å². The summed E-state index contributed by atoms with van der Waals surface area (Å²) in [4.78, 5) is 13.4. The lowest BCUT2D eigenvalue weighted by Crippen LogP contribution is -2.28. The van der Waals surface area contributed by atoms with Gasteiger partial charge >= 0.3 is 0 Å². The van der Waals surface area contributed by atoms with Crippen molar-refractivity contribution in [3.05, 3.63) is 77.2 Å². The van der Waals surface area contributed by atoms with Crippen LogP contribution in [0, 0.1) is 13.8 Å². The van der Waals surface area contributed by atoms with E-state index in [1.54, 1.807) is 11.8 Å². The third-order valence-corrected chi connectivity index (χ3v) is 4.95. The molecule has 0 unspecified atom stereocenters. The van der Waals surface area contributed by atoms with E-state index in [-0.39, 0.29) is 5.91 Å². The highest BCUT2D eigenvalue weighted by Gasteiger charge is 2.12. The van der Waals surface area contributed by atoms with Crippen molar-refractivity contribution in [3.63, 3.8) is 0 Å². The molecule has 0 aliphatic heterocycles. The molecule has 1 N–H and O–H groups in total. The maximum atomic E-state index is 12.5. The van der Waals surface area contributed by atoms with Crippen molar-refractivity contribution < 1.29 is 14.1 Å². The quantitative estimate of drug-likeness (QED) is 0.462. The number of thioether (sulfide) groups is 1. The first-order valence-electron chi connectivity index (χ1n) is 8.73. The van der Waals surface area contributed by atoms with Crippen molar-refractivity contribution in [2.24, 2.45) is 0 Å². The Morgan fingerprint density at radius 3 is 2.67 bits per heavy atom. The van der Waals surface area contributed by atoms with Crippen LogP contribution in [0.5, 0.6) is 5.75 Å². The first kappa shape index (κ1) is 19.0. The summed E-state index contributed by atoms with van der Waals surface area (Å²) in [5.41, 5.74) is 2.68. The molecule has 0 atom stereocenters. The average Bonchev–Trinajstić information content (AvgIpc) is 3.10. The van der Waals surface area contributed by atoms with E-state index >= 15 is 0 Å². The van der Waals surface area contributed by atoms with Crippen LogP contribution < -0.4 is 10.1 Å². The van der Waals surface area contributed by atoms with Crippen LogP contribution in [0.1, 0.15) is 27.4 Å². The Morgan fingerprint density at radius 2 is 1.93 bits per heavy atom. The van der Waals surface area contributed by atoms with Crippen LogP contribution >= 0.6 is 11.8 Å². The molecule has 0 saturated carbocycles. The van der Waals surface area contributed by atoms with Crippen LogP contribution in [0.4, 0.5) is 0 Å². The number of rotatable bonds is 8. The number of benzene rings is 2. The summed E-state index contributed by atoms with van der Waals surface area (Å²) in [6, 6.07) is 17.3. The fourth-order valence-corrected chi connectivity index (χ4v) is 3.40. The zero-order valence-electron chi connectivity index (χ0n) is 15.4. The number of amides is 1. The van der Waals surface area contributed by atoms with Crippen molar-refractivity contribution in [2.75, 3.05) is 13.2 Å². The van der Waals surface area contributed by atoms with Gasteiger partial charge < -0.3 is 14.6 Å². The van der Waals surface area contributed by atoms with E-state index in [4.69, 9.17) is 9.26 Å². The van der Waals surface area contributed by atoms with Gasteiger partial charge in [0.05, 0.1) is 23.6 Å². The van der Waals surface area contributed by atoms with E-state index in [1.165, 1.54) is 5.56 Å². The second-order valence-corrected chi connectivity index (χ2v) is 7.15. The number of aromatic nitrogens is 1. The number of carbonyl (C=O) groups is 1. The fraction of sp³-hybridized carbons (Fsp3) is 0.238. The summed E-state index contributed by atoms with van der Waals surface area (Å²) in [7, 11) is 0. The molecule has 0 aliphatic rings. The van der Waals surface area contributed by atoms with E-state index in [0.717, 1.165) is 22.1 Å². The standard InChI is InChI=1S/C21H22N2O3S/c1-15-7-9-17(10-8-15)25-12-11-22-21(24)19-5-3-4-6-20(19)27-14-18-13-16(2)23-26-18/h3-10,13H,11-12,14H2,1-2H3,(H,22,24). The second-order valence-electron chi connectivity index (χ2n) is 6.14. The van der Waals surface area contributed by atoms with Gasteiger partial charge in [0.15, 0.2) is 0 Å². The monoisotopic (exact) mass is 382 g/mol. The molecule has 0 radical (unpaired) electrons. The predicted molar refractivity (Wildman–Crippen MR) is 106 cm³/mol. The molecule has 27 heavy (non-hydrogen) atoms. The third-order valence-electron chi connectivity index (χ3n) is 3.86. The Balaban J connectivity index is 1.51. The Labute approximate surface area is 163 Å². The number of hydrogen-bond donors (Lipinski definition) is 1. The average molecular weight is 382 g/mol. The van der Waals surface area contributed by atoms with Gasteiger partial charge in [0, 0.05) is 11.0 Å². The second kappa shape index (κ2) is 9.28. The van der Waals surface area contributed by atoms with Crippen LogP contribution in [0.25, 0.3) is 0 Å². The van der Waals surface area contributed by atoms with Gasteiger partial charge in [-0.3, -0.25) is 4.79 Å². The number of nitrogens with one attached hydrogen (secondary N) is 1. The summed E-state index contributed by atoms with van der Waals surface area (Å²) in [6.07, 6.45) is 0. The summed E-state index contributed by atoms with van der Waals surface area (Å²) < 4.78 is 10.9. The number of ether oxygens (including phenoxy) is 1. The van der Waals surface area contributed by atoms with Crippen molar-refractivity contribution in [2.45, 2.75) is 24.5 Å². The summed E-state index contributed by atoms with van der Waals surface area (Å²) >= 11 is 1.55. The summed E-state index contributed by atoms with van der Waals surface area (Å²) in [5.74, 6) is 2.11. The molecule has 1 heterocycles. The van der Waals surface area contributed by atoms with Gasteiger partial charge in [0.1, 0.15) is 18.1 Å². The first-order valence-corrected chi connectivity index (χ1v) is 9.72. The molecule has 0 aliphatic carbocycles. The number of aryl methyl sites for hydroxylation is 2. The van der Waals surface area contributed by atoms with Gasteiger partial charge in [0.2, 0.25) is 0 Å². The highest BCUT2D eigenvalue weighted by Crippen LogP contribution is 2.26. The molecule has 1 amide bonds. The highest BCUT2D eigenvalue weighted by atomic mass is 32.2. The Morgan fingerprint density at radius 1 is 1.15 bits per heavy atom. The van der Waals surface area contributed by atoms with E-state index < -0.39 is 0 Å². The molecule has 2 aromatic carbocycles. The summed E-state index contributed by atoms with van der Waals surface area (Å²) in [6.45, 7) is 4.77. The molecule has 5 nitrogen and oxygen atoms in total. The van der Waals surface area contributed by atoms with Crippen molar-refractivity contribution in [1.82, 2.24) is 10.5 Å². The normalized spacial score (nSPS) is 10.6. The Kier molecular flexibility index (Phi) is 6.54. The SMILES string of the molecule is Cc1ccc(OCCNC(=O)c2ccccc2SCc2cc(C)no2)cc1. The molecule has 3 aromatic rings. The van der Waals surface area contributed by atoms with Crippen LogP contribution in [0.3, 0.4) is 0 Å². The van der Waals surface area contributed by atoms with Crippen LogP contribution in [-0.4, -0.2) is 24.2 Å². The smallest absolute Gasteiger partial charge is 0.252 e. The Bertz CT molecular complexity index is 890. The van der Waals surface area contributed by atoms with Gasteiger partial charge in [-0.05, 0) is 38.1 Å². The zero-order valence-corrected chi connectivity index (χ0v) is 16.2. The lowest BCUT2D eigenvalue weighted by molar-refractivity contribution is 0.0944. The van der Waals surface area contributed by atoms with Crippen LogP contribution in [0.15, 0.2) is 64.0 Å². The first-order chi connectivity index (χ1) is 13.1. The van der Waals surface area contributed by atoms with E-state index in [1.807, 2.05) is 68.4 Å². The number of nitrogens with zero attached hydrogens (tertiary/aromatic N) is 1. The van der Waals surface area contributed by atoms with Gasteiger partial charge in [-0.25, -0.2) is 0 Å². The molecular formula is C21H22N2O3S. The predicted octanol–water partition coefficient (Wildman–Crippen LogP) is 4.39. The van der Waals surface area contributed by atoms with Crippen molar-refractivity contribution in [1.29, 1.82) is 0 Å². The van der Waals surface area contributed by atoms with E-state index in [9.17, 15) is 4.79 Å². The highest BCUT2D eigenvalue weighted by molar-refractivity contribution is 7.98. The lowest BCUT2D eigenvalue weighted by Gasteiger charge is -2.10. The molecule has 1 aromatic heterocycles. The minimum Gasteiger partial charge on any atom is -0.492 e. The molecule has 0 fully saturated rings. The van der Waals surface area contributed by atoms with Gasteiger partial charge in [-0.2, -0.15) is 0 Å². The fourth-order valence-electron chi connectivity index (χ4n) is 2.48. The van der Waals surface area contributed by atoms with Crippen molar-refractivity contribution >= 4 is 17.7 Å². The molecule has 140 valence electrons. The lowest BCUT2D eigenvalue weighted by atomic mass is 10.2. The van der Waals surface area contributed by atoms with Gasteiger partial charge in [-0.1, -0.05) is 35.0 Å². The molecule has 0 bridgehead atoms. The minimum absolute atomic E-state index is 0.112. The molecule has 0 saturated heterocycles. The van der Waals surface area contributed by atoms with E-state index in [0.29, 0.717) is 24.5 Å². The third kappa shape index (κ3) is 5.62. The molecular weight excluding hydrogens is 360 g/mol. The Hall–Kier alpha value is -2.73. The molecule has 0 spiro atoms. The zero-order chi connectivity index (χ0) is 19.1. The van der Waals surface area contributed by atoms with Crippen LogP contribution in [-0.2, 0) is 5.75 Å². The maximum absolute atomic E-state index is 12.5. The largest absolute Gasteiger partial charge is 0.492 e. The van der Waals surface area contributed by atoms with Gasteiger partial charge in [-0.15, -0.1) is 11.8 Å². The molecule has 3 rings (SSSR count). The number of carbonyl (C=O) groups excluding carboxylic acids is 1. The van der Waals surface area contributed by atoms with E-state index in [2.05, 4.69) is 10.5 Å². The van der Waals surface area contributed by atoms with Crippen molar-refractivity contribution in [3.8, 4) is 5.75 Å². The maximum Gasteiger partial charge on any atom is 0.252 e.